The number of anilines is 1. The molecule has 106 valence electrons. The Bertz CT molecular complexity index is 610. The molecule has 0 aliphatic rings. The van der Waals surface area contributed by atoms with E-state index in [1.807, 2.05) is 18.2 Å². The molecule has 20 heavy (non-hydrogen) atoms. The molecule has 6 heteroatoms. The van der Waals surface area contributed by atoms with E-state index in [4.69, 9.17) is 9.15 Å². The van der Waals surface area contributed by atoms with Crippen LogP contribution in [0.25, 0.3) is 11.5 Å². The Kier molecular flexibility index (Phi) is 4.44. The topological polar surface area (TPSA) is 55.6 Å². The molecular formula is C14H15BrN2O3. The van der Waals surface area contributed by atoms with Gasteiger partial charge in [0.15, 0.2) is 10.4 Å². The smallest absolute Gasteiger partial charge is 0.415 e. The highest BCUT2D eigenvalue weighted by atomic mass is 79.9. The summed E-state index contributed by atoms with van der Waals surface area (Å²) in [7, 11) is 1.62. The van der Waals surface area contributed by atoms with Gasteiger partial charge in [-0.15, -0.1) is 0 Å². The van der Waals surface area contributed by atoms with Gasteiger partial charge in [-0.3, -0.25) is 4.90 Å². The molecule has 0 aliphatic carbocycles. The highest BCUT2D eigenvalue weighted by Gasteiger charge is 2.16. The average Bonchev–Trinajstić information content (AvgIpc) is 2.84. The third-order valence-electron chi connectivity index (χ3n) is 2.51. The van der Waals surface area contributed by atoms with Crippen LogP contribution in [-0.2, 0) is 4.74 Å². The molecule has 5 nitrogen and oxygen atoms in total. The minimum atomic E-state index is -0.440. The van der Waals surface area contributed by atoms with Crippen LogP contribution in [0.3, 0.4) is 0 Å². The lowest BCUT2D eigenvalue weighted by Crippen LogP contribution is -2.29. The van der Waals surface area contributed by atoms with Crippen molar-refractivity contribution in [2.24, 2.45) is 0 Å². The van der Waals surface area contributed by atoms with Gasteiger partial charge in [-0.1, -0.05) is 6.07 Å². The molecule has 0 unspecified atom stereocenters. The van der Waals surface area contributed by atoms with E-state index in [1.165, 1.54) is 4.90 Å². The van der Waals surface area contributed by atoms with Crippen LogP contribution in [0.15, 0.2) is 39.4 Å². The number of furan rings is 1. The lowest BCUT2D eigenvalue weighted by molar-refractivity contribution is 0.123. The fourth-order valence-electron chi connectivity index (χ4n) is 1.57. The van der Waals surface area contributed by atoms with Gasteiger partial charge in [-0.25, -0.2) is 9.78 Å². The molecule has 0 aliphatic heterocycles. The summed E-state index contributed by atoms with van der Waals surface area (Å²) >= 11 is 3.25. The van der Waals surface area contributed by atoms with Crippen LogP contribution in [0.2, 0.25) is 0 Å². The van der Waals surface area contributed by atoms with Crippen molar-refractivity contribution >= 4 is 27.8 Å². The quantitative estimate of drug-likeness (QED) is 0.845. The standard InChI is InChI=1S/C14H15BrN2O3/c1-9(2)19-14(18)17(3)13-6-4-5-10(16-13)11-7-8-12(15)20-11/h4-9H,1-3H3. The maximum absolute atomic E-state index is 11.8. The Morgan fingerprint density at radius 1 is 1.35 bits per heavy atom. The number of carbonyl (C=O) groups is 1. The van der Waals surface area contributed by atoms with Crippen LogP contribution in [0.4, 0.5) is 10.6 Å². The normalized spacial score (nSPS) is 10.7. The molecule has 0 saturated heterocycles. The first kappa shape index (κ1) is 14.6. The number of halogens is 1. The number of rotatable bonds is 3. The fourth-order valence-corrected chi connectivity index (χ4v) is 1.88. The second-order valence-electron chi connectivity index (χ2n) is 4.48. The zero-order chi connectivity index (χ0) is 14.7. The van der Waals surface area contributed by atoms with Crippen molar-refractivity contribution in [2.45, 2.75) is 20.0 Å². The van der Waals surface area contributed by atoms with E-state index in [1.54, 1.807) is 33.0 Å². The van der Waals surface area contributed by atoms with E-state index in [9.17, 15) is 4.79 Å². The Morgan fingerprint density at radius 2 is 2.10 bits per heavy atom. The highest BCUT2D eigenvalue weighted by Crippen LogP contribution is 2.25. The maximum Gasteiger partial charge on any atom is 0.415 e. The van der Waals surface area contributed by atoms with E-state index in [2.05, 4.69) is 20.9 Å². The molecule has 0 spiro atoms. The van der Waals surface area contributed by atoms with Crippen LogP contribution in [0, 0.1) is 0 Å². The molecule has 0 radical (unpaired) electrons. The molecule has 0 bridgehead atoms. The van der Waals surface area contributed by atoms with Crippen molar-refractivity contribution in [1.82, 2.24) is 4.98 Å². The lowest BCUT2D eigenvalue weighted by Gasteiger charge is -2.18. The average molecular weight is 339 g/mol. The summed E-state index contributed by atoms with van der Waals surface area (Å²) in [5, 5.41) is 0. The second-order valence-corrected chi connectivity index (χ2v) is 5.26. The molecule has 2 rings (SSSR count). The van der Waals surface area contributed by atoms with E-state index < -0.39 is 6.09 Å². The van der Waals surface area contributed by atoms with Crippen LogP contribution in [-0.4, -0.2) is 24.2 Å². The Labute approximate surface area is 125 Å². The number of amides is 1. The number of nitrogens with zero attached hydrogens (tertiary/aromatic N) is 2. The molecule has 0 fully saturated rings. The first-order chi connectivity index (χ1) is 9.47. The Balaban J connectivity index is 2.23. The molecule has 0 N–H and O–H groups in total. The Hall–Kier alpha value is -1.82. The summed E-state index contributed by atoms with van der Waals surface area (Å²) in [6.07, 6.45) is -0.612. The van der Waals surface area contributed by atoms with Crippen molar-refractivity contribution in [2.75, 3.05) is 11.9 Å². The summed E-state index contributed by atoms with van der Waals surface area (Å²) in [4.78, 5) is 17.6. The van der Waals surface area contributed by atoms with Gasteiger partial charge in [-0.05, 0) is 54.0 Å². The van der Waals surface area contributed by atoms with Crippen molar-refractivity contribution < 1.29 is 13.9 Å². The first-order valence-corrected chi connectivity index (χ1v) is 6.94. The van der Waals surface area contributed by atoms with Crippen molar-refractivity contribution in [3.8, 4) is 11.5 Å². The number of carbonyl (C=O) groups excluding carboxylic acids is 1. The summed E-state index contributed by atoms with van der Waals surface area (Å²) in [5.74, 6) is 1.13. The van der Waals surface area contributed by atoms with Gasteiger partial charge in [0.2, 0.25) is 0 Å². The van der Waals surface area contributed by atoms with Crippen molar-refractivity contribution in [3.63, 3.8) is 0 Å². The minimum Gasteiger partial charge on any atom is -0.448 e. The fraction of sp³-hybridized carbons (Fsp3) is 0.286. The number of aromatic nitrogens is 1. The second kappa shape index (κ2) is 6.09. The number of ether oxygens (including phenoxy) is 1. The van der Waals surface area contributed by atoms with Gasteiger partial charge in [0.25, 0.3) is 0 Å². The summed E-state index contributed by atoms with van der Waals surface area (Å²) in [6, 6.07) is 8.97. The summed E-state index contributed by atoms with van der Waals surface area (Å²) < 4.78 is 11.2. The largest absolute Gasteiger partial charge is 0.448 e. The van der Waals surface area contributed by atoms with Gasteiger partial charge < -0.3 is 9.15 Å². The molecule has 0 aromatic carbocycles. The molecule has 0 atom stereocenters. The SMILES string of the molecule is CC(C)OC(=O)N(C)c1cccc(-c2ccc(Br)o2)n1. The van der Waals surface area contributed by atoms with Crippen molar-refractivity contribution in [1.29, 1.82) is 0 Å². The number of hydrogen-bond acceptors (Lipinski definition) is 4. The zero-order valence-electron chi connectivity index (χ0n) is 11.5. The van der Waals surface area contributed by atoms with Gasteiger partial charge >= 0.3 is 6.09 Å². The number of hydrogen-bond donors (Lipinski definition) is 0. The molecule has 2 aromatic rings. The van der Waals surface area contributed by atoms with Gasteiger partial charge in [0, 0.05) is 7.05 Å². The van der Waals surface area contributed by atoms with Gasteiger partial charge in [-0.2, -0.15) is 0 Å². The number of pyridine rings is 1. The van der Waals surface area contributed by atoms with Crippen LogP contribution in [0.5, 0.6) is 0 Å². The van der Waals surface area contributed by atoms with Gasteiger partial charge in [0.05, 0.1) is 6.10 Å². The van der Waals surface area contributed by atoms with Crippen LogP contribution >= 0.6 is 15.9 Å². The van der Waals surface area contributed by atoms with E-state index in [0.717, 1.165) is 0 Å². The molecule has 1 amide bonds. The Morgan fingerprint density at radius 3 is 2.70 bits per heavy atom. The van der Waals surface area contributed by atoms with E-state index >= 15 is 0 Å². The molecule has 0 saturated carbocycles. The maximum atomic E-state index is 11.8. The highest BCUT2D eigenvalue weighted by molar-refractivity contribution is 9.10. The zero-order valence-corrected chi connectivity index (χ0v) is 13.0. The van der Waals surface area contributed by atoms with Crippen molar-refractivity contribution in [3.05, 3.63) is 35.0 Å². The lowest BCUT2D eigenvalue weighted by atomic mass is 10.3. The molecule has 2 heterocycles. The first-order valence-electron chi connectivity index (χ1n) is 6.14. The third-order valence-corrected chi connectivity index (χ3v) is 2.94. The van der Waals surface area contributed by atoms with E-state index in [0.29, 0.717) is 21.9 Å². The van der Waals surface area contributed by atoms with Crippen LogP contribution in [0.1, 0.15) is 13.8 Å². The summed E-state index contributed by atoms with van der Waals surface area (Å²) in [6.45, 7) is 3.60. The molecular weight excluding hydrogens is 324 g/mol. The predicted molar refractivity (Wildman–Crippen MR) is 79.7 cm³/mol. The third kappa shape index (κ3) is 3.39. The summed E-state index contributed by atoms with van der Waals surface area (Å²) in [5.41, 5.74) is 0.650. The predicted octanol–water partition coefficient (Wildman–Crippen LogP) is 4.09. The minimum absolute atomic E-state index is 0.172. The van der Waals surface area contributed by atoms with Crippen LogP contribution < -0.4 is 4.90 Å². The monoisotopic (exact) mass is 338 g/mol. The van der Waals surface area contributed by atoms with E-state index in [-0.39, 0.29) is 6.10 Å². The van der Waals surface area contributed by atoms with Gasteiger partial charge in [0.1, 0.15) is 11.5 Å². The molecule has 2 aromatic heterocycles.